The molecule has 1 aromatic carbocycles. The van der Waals surface area contributed by atoms with Crippen LogP contribution in [0.4, 0.5) is 0 Å². The Hall–Kier alpha value is -2.41. The summed E-state index contributed by atoms with van der Waals surface area (Å²) < 4.78 is 7.64. The lowest BCUT2D eigenvalue weighted by Gasteiger charge is -2.35. The number of aliphatic hydroxyl groups is 1. The highest BCUT2D eigenvalue weighted by atomic mass is 16.5. The minimum Gasteiger partial charge on any atom is -0.484 e. The molecule has 1 amide bonds. The molecular weight excluding hydrogens is 332 g/mol. The number of amides is 1. The van der Waals surface area contributed by atoms with E-state index in [4.69, 9.17) is 4.74 Å². The zero-order valence-electron chi connectivity index (χ0n) is 14.9. The number of aliphatic hydroxyl groups excluding tert-OH is 1. The molecule has 4 rings (SSSR count). The van der Waals surface area contributed by atoms with Crippen LogP contribution in [-0.4, -0.2) is 38.4 Å². The molecule has 0 unspecified atom stereocenters. The minimum atomic E-state index is -0.102. The fraction of sp³-hybridized carbons (Fsp3) is 0.526. The van der Waals surface area contributed by atoms with Crippen molar-refractivity contribution in [1.82, 2.24) is 20.1 Å². The number of hydrogen-bond donors (Lipinski definition) is 2. The lowest BCUT2D eigenvalue weighted by atomic mass is 9.79. The van der Waals surface area contributed by atoms with Crippen LogP contribution in [0.1, 0.15) is 54.9 Å². The average Bonchev–Trinajstić information content (AvgIpc) is 3.35. The first kappa shape index (κ1) is 17.0. The molecule has 2 aliphatic carbocycles. The molecule has 0 bridgehead atoms. The SMILES string of the molecule is Cc1cccc(OCC(=O)NC2CC(c3nnc(CO)n3C3CC3)C2)c1. The number of nitrogens with one attached hydrogen (secondary N) is 1. The van der Waals surface area contributed by atoms with Gasteiger partial charge in [-0.25, -0.2) is 0 Å². The molecule has 0 spiro atoms. The Morgan fingerprint density at radius 1 is 1.35 bits per heavy atom. The van der Waals surface area contributed by atoms with Crippen LogP contribution < -0.4 is 10.1 Å². The van der Waals surface area contributed by atoms with E-state index in [1.165, 1.54) is 0 Å². The van der Waals surface area contributed by atoms with E-state index in [2.05, 4.69) is 20.1 Å². The largest absolute Gasteiger partial charge is 0.484 e. The van der Waals surface area contributed by atoms with E-state index in [0.29, 0.717) is 23.5 Å². The summed E-state index contributed by atoms with van der Waals surface area (Å²) in [5.41, 5.74) is 1.10. The molecule has 2 fully saturated rings. The molecule has 138 valence electrons. The van der Waals surface area contributed by atoms with E-state index in [0.717, 1.165) is 37.1 Å². The third-order valence-corrected chi connectivity index (χ3v) is 5.07. The molecule has 1 heterocycles. The summed E-state index contributed by atoms with van der Waals surface area (Å²) in [6.07, 6.45) is 3.96. The number of aryl methyl sites for hydroxylation is 1. The summed E-state index contributed by atoms with van der Waals surface area (Å²) in [6.45, 7) is 1.94. The van der Waals surface area contributed by atoms with Crippen LogP contribution >= 0.6 is 0 Å². The smallest absolute Gasteiger partial charge is 0.258 e. The second-order valence-corrected chi connectivity index (χ2v) is 7.27. The number of nitrogens with zero attached hydrogens (tertiary/aromatic N) is 3. The second-order valence-electron chi connectivity index (χ2n) is 7.27. The fourth-order valence-corrected chi connectivity index (χ4v) is 3.52. The molecular formula is C19H24N4O3. The Morgan fingerprint density at radius 3 is 2.85 bits per heavy atom. The number of hydrogen-bond acceptors (Lipinski definition) is 5. The number of ether oxygens (including phenoxy) is 1. The Balaban J connectivity index is 1.26. The van der Waals surface area contributed by atoms with Crippen LogP contribution in [0.15, 0.2) is 24.3 Å². The van der Waals surface area contributed by atoms with E-state index < -0.39 is 0 Å². The van der Waals surface area contributed by atoms with Gasteiger partial charge in [-0.1, -0.05) is 12.1 Å². The van der Waals surface area contributed by atoms with E-state index in [-0.39, 0.29) is 25.2 Å². The van der Waals surface area contributed by atoms with Crippen molar-refractivity contribution in [2.24, 2.45) is 0 Å². The van der Waals surface area contributed by atoms with Crippen molar-refractivity contribution in [1.29, 1.82) is 0 Å². The van der Waals surface area contributed by atoms with Crippen LogP contribution in [-0.2, 0) is 11.4 Å². The van der Waals surface area contributed by atoms with Crippen LogP contribution in [0.5, 0.6) is 5.75 Å². The van der Waals surface area contributed by atoms with Crippen molar-refractivity contribution < 1.29 is 14.6 Å². The third-order valence-electron chi connectivity index (χ3n) is 5.07. The molecule has 1 aromatic heterocycles. The quantitative estimate of drug-likeness (QED) is 0.790. The number of carbonyl (C=O) groups is 1. The number of carbonyl (C=O) groups excluding carboxylic acids is 1. The Labute approximate surface area is 152 Å². The summed E-state index contributed by atoms with van der Waals surface area (Å²) >= 11 is 0. The van der Waals surface area contributed by atoms with Gasteiger partial charge in [0.05, 0.1) is 0 Å². The maximum absolute atomic E-state index is 12.1. The third kappa shape index (κ3) is 3.58. The predicted molar refractivity (Wildman–Crippen MR) is 94.8 cm³/mol. The van der Waals surface area contributed by atoms with Gasteiger partial charge in [-0.3, -0.25) is 4.79 Å². The number of rotatable bonds is 7. The van der Waals surface area contributed by atoms with Gasteiger partial charge in [-0.2, -0.15) is 0 Å². The van der Waals surface area contributed by atoms with Gasteiger partial charge >= 0.3 is 0 Å². The predicted octanol–water partition coefficient (Wildman–Crippen LogP) is 1.85. The first-order valence-corrected chi connectivity index (χ1v) is 9.17. The van der Waals surface area contributed by atoms with Crippen molar-refractivity contribution in [3.63, 3.8) is 0 Å². The zero-order chi connectivity index (χ0) is 18.1. The van der Waals surface area contributed by atoms with Crippen LogP contribution in [0.3, 0.4) is 0 Å². The highest BCUT2D eigenvalue weighted by molar-refractivity contribution is 5.78. The number of benzene rings is 1. The normalized spacial score (nSPS) is 21.9. The average molecular weight is 356 g/mol. The summed E-state index contributed by atoms with van der Waals surface area (Å²) in [5.74, 6) is 2.52. The number of aromatic nitrogens is 3. The molecule has 2 saturated carbocycles. The topological polar surface area (TPSA) is 89.3 Å². The van der Waals surface area contributed by atoms with E-state index in [9.17, 15) is 9.90 Å². The molecule has 0 aliphatic heterocycles. The van der Waals surface area contributed by atoms with Crippen molar-refractivity contribution in [3.05, 3.63) is 41.5 Å². The van der Waals surface area contributed by atoms with Gasteiger partial charge < -0.3 is 19.7 Å². The van der Waals surface area contributed by atoms with Gasteiger partial charge in [-0.05, 0) is 50.3 Å². The van der Waals surface area contributed by atoms with Crippen LogP contribution in [0.2, 0.25) is 0 Å². The first-order valence-electron chi connectivity index (χ1n) is 9.17. The van der Waals surface area contributed by atoms with E-state index in [1.807, 2.05) is 31.2 Å². The fourth-order valence-electron chi connectivity index (χ4n) is 3.52. The van der Waals surface area contributed by atoms with Crippen LogP contribution in [0, 0.1) is 6.92 Å². The molecule has 7 heteroatoms. The highest BCUT2D eigenvalue weighted by Gasteiger charge is 2.38. The standard InChI is InChI=1S/C19H24N4O3/c1-12-3-2-4-16(7-12)26-11-18(25)20-14-8-13(9-14)19-22-21-17(10-24)23(19)15-5-6-15/h2-4,7,13-15,24H,5-6,8-11H2,1H3,(H,20,25). The van der Waals surface area contributed by atoms with E-state index in [1.54, 1.807) is 0 Å². The lowest BCUT2D eigenvalue weighted by Crippen LogP contribution is -2.45. The monoisotopic (exact) mass is 356 g/mol. The van der Waals surface area contributed by atoms with Gasteiger partial charge in [0, 0.05) is 18.0 Å². The van der Waals surface area contributed by atoms with Crippen molar-refractivity contribution in [2.45, 2.75) is 57.2 Å². The van der Waals surface area contributed by atoms with Gasteiger partial charge in [0.15, 0.2) is 12.4 Å². The summed E-state index contributed by atoms with van der Waals surface area (Å²) in [4.78, 5) is 12.1. The Kier molecular flexibility index (Phi) is 4.63. The molecule has 7 nitrogen and oxygen atoms in total. The zero-order valence-corrected chi connectivity index (χ0v) is 14.9. The summed E-state index contributed by atoms with van der Waals surface area (Å²) in [5, 5.41) is 20.8. The maximum Gasteiger partial charge on any atom is 0.258 e. The van der Waals surface area contributed by atoms with Gasteiger partial charge in [0.1, 0.15) is 18.2 Å². The minimum absolute atomic E-state index is 0.0253. The molecule has 2 aromatic rings. The second kappa shape index (κ2) is 7.07. The van der Waals surface area contributed by atoms with Gasteiger partial charge in [0.2, 0.25) is 0 Å². The lowest BCUT2D eigenvalue weighted by molar-refractivity contribution is -0.124. The molecule has 0 saturated heterocycles. The molecule has 0 radical (unpaired) electrons. The first-order chi connectivity index (χ1) is 12.6. The molecule has 2 aliphatic rings. The van der Waals surface area contributed by atoms with Crippen molar-refractivity contribution >= 4 is 5.91 Å². The van der Waals surface area contributed by atoms with E-state index >= 15 is 0 Å². The Bertz CT molecular complexity index is 794. The van der Waals surface area contributed by atoms with Crippen LogP contribution in [0.25, 0.3) is 0 Å². The molecule has 0 atom stereocenters. The summed E-state index contributed by atoms with van der Waals surface area (Å²) in [7, 11) is 0. The highest BCUT2D eigenvalue weighted by Crippen LogP contribution is 2.42. The van der Waals surface area contributed by atoms with Gasteiger partial charge in [0.25, 0.3) is 5.91 Å². The molecule has 2 N–H and O–H groups in total. The van der Waals surface area contributed by atoms with Crippen molar-refractivity contribution in [2.75, 3.05) is 6.61 Å². The molecule has 26 heavy (non-hydrogen) atoms. The summed E-state index contributed by atoms with van der Waals surface area (Å²) in [6, 6.07) is 8.26. The Morgan fingerprint density at radius 2 is 2.15 bits per heavy atom. The maximum atomic E-state index is 12.1. The van der Waals surface area contributed by atoms with Crippen molar-refractivity contribution in [3.8, 4) is 5.75 Å². The van der Waals surface area contributed by atoms with Gasteiger partial charge in [-0.15, -0.1) is 10.2 Å².